The summed E-state index contributed by atoms with van der Waals surface area (Å²) in [6.45, 7) is 4.74. The van der Waals surface area contributed by atoms with Crippen molar-refractivity contribution in [1.29, 1.82) is 0 Å². The van der Waals surface area contributed by atoms with Crippen LogP contribution in [0, 0.1) is 5.82 Å². The van der Waals surface area contributed by atoms with E-state index in [1.807, 2.05) is 95.9 Å². The second kappa shape index (κ2) is 15.1. The summed E-state index contributed by atoms with van der Waals surface area (Å²) >= 11 is 0. The summed E-state index contributed by atoms with van der Waals surface area (Å²) in [6, 6.07) is 73.4. The highest BCUT2D eigenvalue weighted by atomic mass is 19.1. The van der Waals surface area contributed by atoms with E-state index in [-0.39, 0.29) is 11.2 Å². The summed E-state index contributed by atoms with van der Waals surface area (Å²) in [5, 5.41) is 2.55. The van der Waals surface area contributed by atoms with Crippen molar-refractivity contribution in [1.82, 2.24) is 4.57 Å². The van der Waals surface area contributed by atoms with Crippen LogP contribution in [-0.2, 0) is 5.41 Å². The summed E-state index contributed by atoms with van der Waals surface area (Å²) in [5.41, 5.74) is 16.8. The van der Waals surface area contributed by atoms with Crippen LogP contribution in [0.15, 0.2) is 212 Å². The molecule has 1 heterocycles. The van der Waals surface area contributed by atoms with Gasteiger partial charge in [-0.05, 0) is 105 Å². The average molecular weight is 799 g/mol. The highest BCUT2D eigenvalue weighted by Gasteiger charge is 2.38. The van der Waals surface area contributed by atoms with Crippen molar-refractivity contribution in [2.75, 3.05) is 4.90 Å². The number of anilines is 3. The van der Waals surface area contributed by atoms with E-state index in [1.165, 1.54) is 49.7 Å². The molecule has 296 valence electrons. The predicted octanol–water partition coefficient (Wildman–Crippen LogP) is 16.2. The van der Waals surface area contributed by atoms with Crippen molar-refractivity contribution in [2.45, 2.75) is 19.3 Å². The standard InChI is InChI=1S/C59H43FN2/c1-59(2)53-37-41(31-34-48(53)50-35-36-51-49-25-15-16-26-55(49)62(58(51)56(50)59)46-23-13-6-14-24-46)28-27-40-29-32-47(33-30-40)61(45-21-11-5-12-22-45)57-52(43-19-9-4-10-20-43)38-44(39-54(57)60)42-17-7-3-8-18-42/h3-39H,1-2H3. The Morgan fingerprint density at radius 1 is 0.468 bits per heavy atom. The Labute approximate surface area is 362 Å². The van der Waals surface area contributed by atoms with Crippen molar-refractivity contribution >= 4 is 51.0 Å². The highest BCUT2D eigenvalue weighted by Crippen LogP contribution is 2.53. The third kappa shape index (κ3) is 6.24. The van der Waals surface area contributed by atoms with Crippen LogP contribution in [0.25, 0.3) is 73.0 Å². The van der Waals surface area contributed by atoms with Gasteiger partial charge in [-0.2, -0.15) is 0 Å². The first kappa shape index (κ1) is 37.3. The summed E-state index contributed by atoms with van der Waals surface area (Å²) in [5.74, 6) is -0.290. The van der Waals surface area contributed by atoms with Gasteiger partial charge in [0, 0.05) is 38.8 Å². The molecule has 11 rings (SSSR count). The summed E-state index contributed by atoms with van der Waals surface area (Å²) in [6.07, 6.45) is 4.37. The molecule has 0 bridgehead atoms. The van der Waals surface area contributed by atoms with Gasteiger partial charge in [0.15, 0.2) is 0 Å². The van der Waals surface area contributed by atoms with E-state index in [0.29, 0.717) is 5.69 Å². The first-order valence-corrected chi connectivity index (χ1v) is 21.3. The van der Waals surface area contributed by atoms with Crippen molar-refractivity contribution in [3.63, 3.8) is 0 Å². The molecule has 0 unspecified atom stereocenters. The molecule has 0 amide bonds. The summed E-state index contributed by atoms with van der Waals surface area (Å²) in [4.78, 5) is 2.04. The maximum atomic E-state index is 16.9. The van der Waals surface area contributed by atoms with E-state index < -0.39 is 0 Å². The lowest BCUT2D eigenvalue weighted by Gasteiger charge is -2.29. The average Bonchev–Trinajstić information content (AvgIpc) is 3.78. The molecule has 0 atom stereocenters. The molecule has 0 fully saturated rings. The molecule has 0 saturated heterocycles. The number of fused-ring (bicyclic) bond motifs is 7. The molecule has 10 aromatic rings. The fourth-order valence-corrected chi connectivity index (χ4v) is 9.68. The number of halogens is 1. The Hall–Kier alpha value is -7.75. The number of hydrogen-bond donors (Lipinski definition) is 0. The minimum atomic E-state index is -0.290. The summed E-state index contributed by atoms with van der Waals surface area (Å²) in [7, 11) is 0. The van der Waals surface area contributed by atoms with Crippen LogP contribution in [0.4, 0.5) is 21.5 Å². The van der Waals surface area contributed by atoms with Crippen molar-refractivity contribution in [2.24, 2.45) is 0 Å². The van der Waals surface area contributed by atoms with Crippen LogP contribution >= 0.6 is 0 Å². The van der Waals surface area contributed by atoms with Gasteiger partial charge in [0.2, 0.25) is 0 Å². The summed E-state index contributed by atoms with van der Waals surface area (Å²) < 4.78 is 19.4. The third-order valence-corrected chi connectivity index (χ3v) is 12.6. The minimum Gasteiger partial charge on any atom is -0.309 e. The molecule has 1 aliphatic carbocycles. The van der Waals surface area contributed by atoms with Crippen LogP contribution in [0.3, 0.4) is 0 Å². The first-order valence-electron chi connectivity index (χ1n) is 21.3. The van der Waals surface area contributed by atoms with Crippen molar-refractivity contribution < 1.29 is 4.39 Å². The molecule has 1 aliphatic rings. The topological polar surface area (TPSA) is 8.17 Å². The van der Waals surface area contributed by atoms with Gasteiger partial charge >= 0.3 is 0 Å². The number of rotatable bonds is 8. The Bertz CT molecular complexity index is 3290. The van der Waals surface area contributed by atoms with Crippen molar-refractivity contribution in [3.05, 3.63) is 240 Å². The largest absolute Gasteiger partial charge is 0.309 e. The number of para-hydroxylation sites is 3. The molecule has 0 saturated carbocycles. The molecule has 9 aromatic carbocycles. The van der Waals surface area contributed by atoms with Crippen LogP contribution in [0.1, 0.15) is 36.1 Å². The predicted molar refractivity (Wildman–Crippen MR) is 259 cm³/mol. The molecular weight excluding hydrogens is 756 g/mol. The van der Waals surface area contributed by atoms with Gasteiger partial charge in [0.05, 0.1) is 16.7 Å². The van der Waals surface area contributed by atoms with Crippen LogP contribution in [0.2, 0.25) is 0 Å². The molecule has 1 aromatic heterocycles. The van der Waals surface area contributed by atoms with E-state index in [4.69, 9.17) is 0 Å². The number of benzene rings is 9. The fraction of sp³-hybridized carbons (Fsp3) is 0.0508. The van der Waals surface area contributed by atoms with Crippen LogP contribution < -0.4 is 4.90 Å². The molecule has 62 heavy (non-hydrogen) atoms. The molecule has 3 heteroatoms. The van der Waals surface area contributed by atoms with E-state index >= 15 is 4.39 Å². The van der Waals surface area contributed by atoms with Gasteiger partial charge in [0.25, 0.3) is 0 Å². The SMILES string of the molecule is CC1(C)c2cc(C=Cc3ccc(N(c4ccccc4)c4c(F)cc(-c5ccccc5)cc4-c4ccccc4)cc3)ccc2-c2ccc3c4ccccc4n(-c4ccccc4)c3c21. The first-order chi connectivity index (χ1) is 30.4. The lowest BCUT2D eigenvalue weighted by Crippen LogP contribution is -2.16. The zero-order valence-electron chi connectivity index (χ0n) is 34.6. The number of nitrogens with zero attached hydrogens (tertiary/aromatic N) is 2. The molecule has 2 nitrogen and oxygen atoms in total. The fourth-order valence-electron chi connectivity index (χ4n) is 9.68. The van der Waals surface area contributed by atoms with Crippen LogP contribution in [-0.4, -0.2) is 4.57 Å². The Morgan fingerprint density at radius 3 is 1.77 bits per heavy atom. The number of aromatic nitrogens is 1. The molecule has 0 spiro atoms. The molecular formula is C59H43FN2. The maximum Gasteiger partial charge on any atom is 0.148 e. The Morgan fingerprint density at radius 2 is 1.05 bits per heavy atom. The smallest absolute Gasteiger partial charge is 0.148 e. The highest BCUT2D eigenvalue weighted by molar-refractivity contribution is 6.13. The normalized spacial score (nSPS) is 12.8. The van der Waals surface area contributed by atoms with E-state index in [1.54, 1.807) is 6.07 Å². The van der Waals surface area contributed by atoms with E-state index in [0.717, 1.165) is 44.8 Å². The maximum absolute atomic E-state index is 16.9. The van der Waals surface area contributed by atoms with E-state index in [2.05, 4.69) is 146 Å². The van der Waals surface area contributed by atoms with E-state index in [9.17, 15) is 0 Å². The van der Waals surface area contributed by atoms with Gasteiger partial charge in [-0.25, -0.2) is 4.39 Å². The zero-order valence-corrected chi connectivity index (χ0v) is 34.6. The van der Waals surface area contributed by atoms with Crippen molar-refractivity contribution in [3.8, 4) is 39.1 Å². The third-order valence-electron chi connectivity index (χ3n) is 12.6. The molecule has 0 aliphatic heterocycles. The lowest BCUT2D eigenvalue weighted by molar-refractivity contribution is 0.630. The second-order valence-corrected chi connectivity index (χ2v) is 16.7. The molecule has 0 radical (unpaired) electrons. The quantitative estimate of drug-likeness (QED) is 0.139. The van der Waals surface area contributed by atoms with Gasteiger partial charge in [-0.1, -0.05) is 184 Å². The Balaban J connectivity index is 0.955. The lowest BCUT2D eigenvalue weighted by atomic mass is 9.81. The monoisotopic (exact) mass is 798 g/mol. The van der Waals surface area contributed by atoms with Gasteiger partial charge in [-0.3, -0.25) is 0 Å². The van der Waals surface area contributed by atoms with Crippen LogP contribution in [0.5, 0.6) is 0 Å². The number of hydrogen-bond acceptors (Lipinski definition) is 1. The zero-order chi connectivity index (χ0) is 41.8. The van der Waals surface area contributed by atoms with Gasteiger partial charge in [0.1, 0.15) is 5.82 Å². The van der Waals surface area contributed by atoms with Gasteiger partial charge in [-0.15, -0.1) is 0 Å². The molecule has 0 N–H and O–H groups in total. The minimum absolute atomic E-state index is 0.231. The van der Waals surface area contributed by atoms with Gasteiger partial charge < -0.3 is 9.47 Å². The Kier molecular flexibility index (Phi) is 9.05. The second-order valence-electron chi connectivity index (χ2n) is 16.7.